The van der Waals surface area contributed by atoms with Gasteiger partial charge < -0.3 is 15.2 Å². The fourth-order valence-electron chi connectivity index (χ4n) is 3.42. The summed E-state index contributed by atoms with van der Waals surface area (Å²) < 4.78 is 12.1. The van der Waals surface area contributed by atoms with Crippen molar-refractivity contribution in [2.45, 2.75) is 13.5 Å². The van der Waals surface area contributed by atoms with Gasteiger partial charge in [-0.1, -0.05) is 60.7 Å². The van der Waals surface area contributed by atoms with E-state index in [9.17, 15) is 4.79 Å². The van der Waals surface area contributed by atoms with Crippen LogP contribution in [0.25, 0.3) is 33.4 Å². The summed E-state index contributed by atoms with van der Waals surface area (Å²) in [6, 6.07) is 19.9. The molecule has 0 amide bonds. The van der Waals surface area contributed by atoms with Gasteiger partial charge in [0.15, 0.2) is 11.5 Å². The van der Waals surface area contributed by atoms with Crippen LogP contribution >= 0.6 is 0 Å². The van der Waals surface area contributed by atoms with Gasteiger partial charge >= 0.3 is 5.97 Å². The monoisotopic (exact) mass is 417 g/mol. The number of rotatable bonds is 8. The Morgan fingerprint density at radius 3 is 2.29 bits per heavy atom. The van der Waals surface area contributed by atoms with E-state index in [1.54, 1.807) is 4.68 Å². The molecular formula is C23H23N5O3. The Hall–Kier alpha value is -3.78. The summed E-state index contributed by atoms with van der Waals surface area (Å²) in [5.41, 5.74) is 10.5. The number of hydrogen-bond donors (Lipinski definition) is 1. The quantitative estimate of drug-likeness (QED) is 0.346. The zero-order chi connectivity index (χ0) is 21.6. The number of carbonyl (C=O) groups excluding carboxylic acids is 1. The second-order valence-electron chi connectivity index (χ2n) is 6.92. The lowest BCUT2D eigenvalue weighted by Crippen LogP contribution is -2.12. The van der Waals surface area contributed by atoms with Crippen LogP contribution in [0.4, 0.5) is 5.82 Å². The average Bonchev–Trinajstić information content (AvgIpc) is 3.12. The molecule has 2 aromatic carbocycles. The fourth-order valence-corrected chi connectivity index (χ4v) is 3.42. The number of benzene rings is 2. The SMILES string of the molecule is CC(=O)OCCOCCn1nc(N)c2c(-c3ccccc3)c(-c3ccccc3)nnc21. The minimum absolute atomic E-state index is 0.218. The highest BCUT2D eigenvalue weighted by Gasteiger charge is 2.20. The molecule has 4 rings (SSSR count). The van der Waals surface area contributed by atoms with Gasteiger partial charge in [0.2, 0.25) is 0 Å². The number of hydrogen-bond acceptors (Lipinski definition) is 7. The van der Waals surface area contributed by atoms with Crippen molar-refractivity contribution in [3.8, 4) is 22.4 Å². The number of fused-ring (bicyclic) bond motifs is 1. The molecule has 0 aliphatic heterocycles. The third-order valence-electron chi connectivity index (χ3n) is 4.77. The van der Waals surface area contributed by atoms with Crippen molar-refractivity contribution < 1.29 is 14.3 Å². The summed E-state index contributed by atoms with van der Waals surface area (Å²) in [6.07, 6.45) is 0. The summed E-state index contributed by atoms with van der Waals surface area (Å²) in [7, 11) is 0. The van der Waals surface area contributed by atoms with Gasteiger partial charge in [-0.15, -0.1) is 10.2 Å². The van der Waals surface area contributed by atoms with E-state index in [1.165, 1.54) is 6.92 Å². The predicted octanol–water partition coefficient (Wildman–Crippen LogP) is 3.32. The molecule has 0 spiro atoms. The molecule has 0 fully saturated rings. The lowest BCUT2D eigenvalue weighted by molar-refractivity contribution is -0.142. The Bertz CT molecular complexity index is 1180. The van der Waals surface area contributed by atoms with Crippen molar-refractivity contribution in [3.63, 3.8) is 0 Å². The van der Waals surface area contributed by atoms with Gasteiger partial charge in [-0.3, -0.25) is 4.79 Å². The fraction of sp³-hybridized carbons (Fsp3) is 0.217. The second-order valence-corrected chi connectivity index (χ2v) is 6.92. The first-order valence-electron chi connectivity index (χ1n) is 9.99. The molecule has 0 aliphatic carbocycles. The molecule has 0 atom stereocenters. The number of carbonyl (C=O) groups is 1. The standard InChI is InChI=1S/C23H23N5O3/c1-16(29)31-15-14-30-13-12-28-23-20(22(24)27-28)19(17-8-4-2-5-9-17)21(25-26-23)18-10-6-3-7-11-18/h2-11H,12-15H2,1H3,(H2,24,27). The molecule has 8 heteroatoms. The van der Waals surface area contributed by atoms with Crippen LogP contribution in [0.5, 0.6) is 0 Å². The first-order valence-corrected chi connectivity index (χ1v) is 9.99. The van der Waals surface area contributed by atoms with Crippen LogP contribution in [0.15, 0.2) is 60.7 Å². The Kier molecular flexibility index (Phi) is 6.18. The highest BCUT2D eigenvalue weighted by Crippen LogP contribution is 2.37. The number of nitrogens with two attached hydrogens (primary N) is 1. The summed E-state index contributed by atoms with van der Waals surface area (Å²) in [5, 5.41) is 14.2. The van der Waals surface area contributed by atoms with Gasteiger partial charge in [0, 0.05) is 18.1 Å². The van der Waals surface area contributed by atoms with Crippen LogP contribution in [-0.2, 0) is 20.8 Å². The van der Waals surface area contributed by atoms with Crippen LogP contribution < -0.4 is 5.73 Å². The number of anilines is 1. The van der Waals surface area contributed by atoms with Gasteiger partial charge in [0.25, 0.3) is 0 Å². The van der Waals surface area contributed by atoms with Crippen molar-refractivity contribution >= 4 is 22.8 Å². The lowest BCUT2D eigenvalue weighted by Gasteiger charge is -2.11. The maximum Gasteiger partial charge on any atom is 0.302 e. The third kappa shape index (κ3) is 4.54. The first kappa shape index (κ1) is 20.5. The van der Waals surface area contributed by atoms with Crippen molar-refractivity contribution in [2.24, 2.45) is 0 Å². The van der Waals surface area contributed by atoms with Crippen molar-refractivity contribution in [3.05, 3.63) is 60.7 Å². The molecule has 0 saturated heterocycles. The smallest absolute Gasteiger partial charge is 0.302 e. The molecule has 2 heterocycles. The third-order valence-corrected chi connectivity index (χ3v) is 4.77. The maximum atomic E-state index is 10.8. The predicted molar refractivity (Wildman–Crippen MR) is 118 cm³/mol. The minimum atomic E-state index is -0.327. The van der Waals surface area contributed by atoms with E-state index >= 15 is 0 Å². The Morgan fingerprint density at radius 1 is 0.935 bits per heavy atom. The second kappa shape index (κ2) is 9.36. The first-order chi connectivity index (χ1) is 15.1. The van der Waals surface area contributed by atoms with Gasteiger partial charge in [-0.25, -0.2) is 4.68 Å². The Balaban J connectivity index is 1.69. The largest absolute Gasteiger partial charge is 0.463 e. The maximum absolute atomic E-state index is 10.8. The Labute approximate surface area is 179 Å². The number of nitrogen functional groups attached to an aromatic ring is 1. The van der Waals surface area contributed by atoms with Gasteiger partial charge in [0.1, 0.15) is 12.3 Å². The molecule has 31 heavy (non-hydrogen) atoms. The summed E-state index contributed by atoms with van der Waals surface area (Å²) in [5.74, 6) is 0.0632. The molecular weight excluding hydrogens is 394 g/mol. The van der Waals surface area contributed by atoms with Crippen molar-refractivity contribution in [1.29, 1.82) is 0 Å². The highest BCUT2D eigenvalue weighted by atomic mass is 16.6. The summed E-state index contributed by atoms with van der Waals surface area (Å²) >= 11 is 0. The van der Waals surface area contributed by atoms with Crippen LogP contribution in [-0.4, -0.2) is 45.8 Å². The topological polar surface area (TPSA) is 105 Å². The minimum Gasteiger partial charge on any atom is -0.463 e. The zero-order valence-electron chi connectivity index (χ0n) is 17.2. The molecule has 0 unspecified atom stereocenters. The molecule has 158 valence electrons. The molecule has 4 aromatic rings. The summed E-state index contributed by atoms with van der Waals surface area (Å²) in [6.45, 7) is 2.72. The van der Waals surface area contributed by atoms with E-state index in [2.05, 4.69) is 15.3 Å². The number of ether oxygens (including phenoxy) is 2. The molecule has 0 bridgehead atoms. The normalized spacial score (nSPS) is 11.0. The molecule has 0 saturated carbocycles. The number of nitrogens with zero attached hydrogens (tertiary/aromatic N) is 4. The van der Waals surface area contributed by atoms with E-state index in [0.717, 1.165) is 27.8 Å². The van der Waals surface area contributed by atoms with Crippen LogP contribution in [0.3, 0.4) is 0 Å². The lowest BCUT2D eigenvalue weighted by atomic mass is 9.97. The average molecular weight is 417 g/mol. The molecule has 2 aromatic heterocycles. The highest BCUT2D eigenvalue weighted by molar-refractivity contribution is 6.05. The molecule has 2 N–H and O–H groups in total. The van der Waals surface area contributed by atoms with Gasteiger partial charge in [-0.2, -0.15) is 5.10 Å². The summed E-state index contributed by atoms with van der Waals surface area (Å²) in [4.78, 5) is 10.8. The zero-order valence-corrected chi connectivity index (χ0v) is 17.2. The molecule has 0 radical (unpaired) electrons. The van der Waals surface area contributed by atoms with Gasteiger partial charge in [0.05, 0.1) is 25.1 Å². The van der Waals surface area contributed by atoms with E-state index in [0.29, 0.717) is 31.2 Å². The van der Waals surface area contributed by atoms with Crippen molar-refractivity contribution in [1.82, 2.24) is 20.0 Å². The van der Waals surface area contributed by atoms with E-state index in [1.807, 2.05) is 60.7 Å². The van der Waals surface area contributed by atoms with E-state index < -0.39 is 0 Å². The van der Waals surface area contributed by atoms with Crippen LogP contribution in [0, 0.1) is 0 Å². The van der Waals surface area contributed by atoms with Gasteiger partial charge in [-0.05, 0) is 5.56 Å². The van der Waals surface area contributed by atoms with Crippen LogP contribution in [0.2, 0.25) is 0 Å². The van der Waals surface area contributed by atoms with E-state index in [-0.39, 0.29) is 12.6 Å². The van der Waals surface area contributed by atoms with Crippen molar-refractivity contribution in [2.75, 3.05) is 25.6 Å². The Morgan fingerprint density at radius 2 is 1.61 bits per heavy atom. The molecule has 0 aliphatic rings. The number of esters is 1. The van der Waals surface area contributed by atoms with E-state index in [4.69, 9.17) is 15.2 Å². The molecule has 8 nitrogen and oxygen atoms in total. The van der Waals surface area contributed by atoms with Crippen LogP contribution in [0.1, 0.15) is 6.92 Å². The number of aromatic nitrogens is 4.